The van der Waals surface area contributed by atoms with E-state index in [9.17, 15) is 9.59 Å². The molecule has 0 bridgehead atoms. The van der Waals surface area contributed by atoms with Crippen LogP contribution in [0.1, 0.15) is 11.1 Å². The number of rotatable bonds is 4. The number of urea groups is 1. The zero-order chi connectivity index (χ0) is 23.9. The lowest BCUT2D eigenvalue weighted by Crippen LogP contribution is -2.61. The van der Waals surface area contributed by atoms with Crippen LogP contribution in [0.5, 0.6) is 0 Å². The highest BCUT2D eigenvalue weighted by Crippen LogP contribution is 2.47. The Kier molecular flexibility index (Phi) is 5.51. The monoisotopic (exact) mass is 498 g/mol. The van der Waals surface area contributed by atoms with Crippen LogP contribution in [0, 0.1) is 0 Å². The maximum atomic E-state index is 14.0. The number of imide groups is 1. The summed E-state index contributed by atoms with van der Waals surface area (Å²) in [6.07, 6.45) is 8.74. The van der Waals surface area contributed by atoms with Crippen LogP contribution in [0.15, 0.2) is 91.5 Å². The average molecular weight is 499 g/mol. The van der Waals surface area contributed by atoms with Crippen LogP contribution in [0.2, 0.25) is 5.02 Å². The molecule has 3 amide bonds. The van der Waals surface area contributed by atoms with Gasteiger partial charge in [-0.2, -0.15) is 0 Å². The molecule has 35 heavy (non-hydrogen) atoms. The average Bonchev–Trinajstić information content (AvgIpc) is 3.33. The number of carbonyl (C=O) groups is 2. The van der Waals surface area contributed by atoms with Crippen molar-refractivity contribution in [1.29, 1.82) is 0 Å². The fraction of sp³-hybridized carbons (Fsp3) is 0.111. The summed E-state index contributed by atoms with van der Waals surface area (Å²) >= 11 is 7.92. The maximum absolute atomic E-state index is 14.0. The molecule has 6 nitrogen and oxygen atoms in total. The molecule has 2 aliphatic heterocycles. The molecule has 0 spiro atoms. The molecule has 172 valence electrons. The number of carbonyl (C=O) groups excluding carboxylic acids is 2. The third-order valence-corrected chi connectivity index (χ3v) is 7.92. The minimum atomic E-state index is -0.505. The van der Waals surface area contributed by atoms with E-state index in [0.29, 0.717) is 17.3 Å². The van der Waals surface area contributed by atoms with E-state index in [1.807, 2.05) is 66.7 Å². The number of pyridine rings is 2. The minimum absolute atomic E-state index is 0.260. The summed E-state index contributed by atoms with van der Waals surface area (Å²) in [5, 5.41) is 1.76. The Bertz CT molecular complexity index is 1490. The molecule has 1 fully saturated rings. The number of halogens is 1. The van der Waals surface area contributed by atoms with E-state index in [1.165, 1.54) is 16.7 Å². The third kappa shape index (κ3) is 3.77. The van der Waals surface area contributed by atoms with Crippen LogP contribution in [0.4, 0.5) is 10.5 Å². The van der Waals surface area contributed by atoms with Crippen LogP contribution < -0.4 is 4.90 Å². The maximum Gasteiger partial charge on any atom is 0.332 e. The van der Waals surface area contributed by atoms with Gasteiger partial charge in [-0.3, -0.25) is 14.8 Å². The largest absolute Gasteiger partial charge is 0.332 e. The van der Waals surface area contributed by atoms with Crippen LogP contribution >= 0.6 is 23.4 Å². The molecule has 2 aliphatic rings. The van der Waals surface area contributed by atoms with Gasteiger partial charge in [-0.1, -0.05) is 60.1 Å². The Hall–Kier alpha value is -3.68. The highest BCUT2D eigenvalue weighted by Gasteiger charge is 2.50. The minimum Gasteiger partial charge on any atom is -0.311 e. The van der Waals surface area contributed by atoms with Crippen molar-refractivity contribution in [3.8, 4) is 0 Å². The zero-order valence-corrected chi connectivity index (χ0v) is 20.0. The van der Waals surface area contributed by atoms with Gasteiger partial charge in [-0.05, 0) is 23.8 Å². The summed E-state index contributed by atoms with van der Waals surface area (Å²) in [5.74, 6) is -0.260. The van der Waals surface area contributed by atoms with Gasteiger partial charge < -0.3 is 4.90 Å². The standard InChI is InChI=1S/C27H19ClN4O2S/c28-21-10-4-3-9-20(21)24-12-22-25(35-24)26(33)32(23-15-30-14-18-7-1-2-8-19(18)23)27(34)31(22)16-17-6-5-11-29-13-17/h1-15,22,25H,16H2. The Morgan fingerprint density at radius 2 is 1.74 bits per heavy atom. The van der Waals surface area contributed by atoms with Gasteiger partial charge in [0.15, 0.2) is 0 Å². The lowest BCUT2D eigenvalue weighted by Gasteiger charge is -2.41. The third-order valence-electron chi connectivity index (χ3n) is 6.25. The first-order chi connectivity index (χ1) is 17.1. The van der Waals surface area contributed by atoms with Gasteiger partial charge in [-0.15, -0.1) is 11.8 Å². The molecule has 2 aromatic carbocycles. The number of hydrogen-bond donors (Lipinski definition) is 0. The normalized spacial score (nSPS) is 19.7. The van der Waals surface area contributed by atoms with Crippen molar-refractivity contribution in [2.75, 3.05) is 4.90 Å². The Labute approximate surface area is 211 Å². The molecule has 0 aliphatic carbocycles. The van der Waals surface area contributed by atoms with Gasteiger partial charge in [0.2, 0.25) is 0 Å². The topological polar surface area (TPSA) is 66.4 Å². The summed E-state index contributed by atoms with van der Waals surface area (Å²) in [5.41, 5.74) is 2.22. The molecular formula is C27H19ClN4O2S. The van der Waals surface area contributed by atoms with E-state index in [1.54, 1.807) is 29.7 Å². The van der Waals surface area contributed by atoms with E-state index < -0.39 is 11.3 Å². The fourth-order valence-corrected chi connectivity index (χ4v) is 6.25. The second kappa shape index (κ2) is 8.83. The number of nitrogens with zero attached hydrogens (tertiary/aromatic N) is 4. The molecule has 0 saturated carbocycles. The van der Waals surface area contributed by atoms with Crippen molar-refractivity contribution >= 4 is 56.7 Å². The molecule has 2 aromatic heterocycles. The van der Waals surface area contributed by atoms with Crippen LogP contribution in [0.3, 0.4) is 0 Å². The Morgan fingerprint density at radius 3 is 2.57 bits per heavy atom. The smallest absolute Gasteiger partial charge is 0.311 e. The van der Waals surface area contributed by atoms with Gasteiger partial charge in [0, 0.05) is 51.4 Å². The van der Waals surface area contributed by atoms with E-state index >= 15 is 0 Å². The highest BCUT2D eigenvalue weighted by molar-refractivity contribution is 8.09. The van der Waals surface area contributed by atoms with E-state index in [0.717, 1.165) is 26.8 Å². The summed E-state index contributed by atoms with van der Waals surface area (Å²) in [4.78, 5) is 40.3. The second-order valence-electron chi connectivity index (χ2n) is 8.36. The van der Waals surface area contributed by atoms with E-state index in [2.05, 4.69) is 9.97 Å². The molecule has 0 N–H and O–H groups in total. The summed E-state index contributed by atoms with van der Waals surface area (Å²) in [6.45, 7) is 0.322. The molecule has 2 unspecified atom stereocenters. The van der Waals surface area contributed by atoms with Crippen LogP contribution in [0.25, 0.3) is 15.7 Å². The van der Waals surface area contributed by atoms with Crippen molar-refractivity contribution in [1.82, 2.24) is 14.9 Å². The number of benzene rings is 2. The first-order valence-corrected chi connectivity index (χ1v) is 12.4. The molecular weight excluding hydrogens is 480 g/mol. The van der Waals surface area contributed by atoms with Gasteiger partial charge in [0.05, 0.1) is 17.9 Å². The number of anilines is 1. The van der Waals surface area contributed by atoms with Crippen molar-refractivity contribution in [2.24, 2.45) is 0 Å². The Morgan fingerprint density at radius 1 is 0.914 bits per heavy atom. The van der Waals surface area contributed by atoms with E-state index in [-0.39, 0.29) is 11.9 Å². The predicted molar refractivity (Wildman–Crippen MR) is 139 cm³/mol. The summed E-state index contributed by atoms with van der Waals surface area (Å²) in [7, 11) is 0. The summed E-state index contributed by atoms with van der Waals surface area (Å²) in [6, 6.07) is 18.1. The zero-order valence-electron chi connectivity index (χ0n) is 18.4. The highest BCUT2D eigenvalue weighted by atomic mass is 35.5. The van der Waals surface area contributed by atoms with Gasteiger partial charge >= 0.3 is 6.03 Å². The van der Waals surface area contributed by atoms with Gasteiger partial charge in [0.1, 0.15) is 5.25 Å². The lowest BCUT2D eigenvalue weighted by atomic mass is 10.0. The second-order valence-corrected chi connectivity index (χ2v) is 9.96. The van der Waals surface area contributed by atoms with Crippen molar-refractivity contribution in [3.05, 3.63) is 108 Å². The predicted octanol–water partition coefficient (Wildman–Crippen LogP) is 5.78. The van der Waals surface area contributed by atoms with Gasteiger partial charge in [0.25, 0.3) is 5.91 Å². The lowest BCUT2D eigenvalue weighted by molar-refractivity contribution is -0.119. The van der Waals surface area contributed by atoms with Crippen LogP contribution in [-0.4, -0.2) is 38.1 Å². The SMILES string of the molecule is O=C1C2SC(c3ccccc3Cl)=CC2N(Cc2cccnc2)C(=O)N1c1cncc2ccccc12. The van der Waals surface area contributed by atoms with Crippen molar-refractivity contribution in [3.63, 3.8) is 0 Å². The number of thioether (sulfide) groups is 1. The molecule has 4 heterocycles. The van der Waals surface area contributed by atoms with Crippen LogP contribution in [-0.2, 0) is 11.3 Å². The molecule has 1 saturated heterocycles. The van der Waals surface area contributed by atoms with E-state index in [4.69, 9.17) is 11.6 Å². The number of fused-ring (bicyclic) bond motifs is 2. The first-order valence-electron chi connectivity index (χ1n) is 11.1. The number of amides is 3. The Balaban J connectivity index is 1.46. The van der Waals surface area contributed by atoms with Crippen molar-refractivity contribution in [2.45, 2.75) is 17.8 Å². The molecule has 4 aromatic rings. The fourth-order valence-electron chi connectivity index (χ4n) is 4.59. The number of aromatic nitrogens is 2. The molecule has 6 rings (SSSR count). The molecule has 2 atom stereocenters. The first kappa shape index (κ1) is 21.8. The van der Waals surface area contributed by atoms with Gasteiger partial charge in [-0.25, -0.2) is 9.69 Å². The van der Waals surface area contributed by atoms with Crippen molar-refractivity contribution < 1.29 is 9.59 Å². The quantitative estimate of drug-likeness (QED) is 0.357. The summed E-state index contributed by atoms with van der Waals surface area (Å²) < 4.78 is 0. The number of hydrogen-bond acceptors (Lipinski definition) is 5. The molecule has 8 heteroatoms. The molecule has 0 radical (unpaired) electrons.